The van der Waals surface area contributed by atoms with E-state index in [2.05, 4.69) is 31.4 Å². The summed E-state index contributed by atoms with van der Waals surface area (Å²) in [5, 5.41) is 5.69. The third-order valence-corrected chi connectivity index (χ3v) is 2.78. The van der Waals surface area contributed by atoms with E-state index in [-0.39, 0.29) is 17.5 Å². The van der Waals surface area contributed by atoms with E-state index in [0.29, 0.717) is 13.2 Å². The molecule has 1 atom stereocenters. The van der Waals surface area contributed by atoms with Crippen LogP contribution >= 0.6 is 0 Å². The van der Waals surface area contributed by atoms with Gasteiger partial charge in [-0.15, -0.1) is 0 Å². The molecule has 0 aliphatic heterocycles. The second-order valence-electron chi connectivity index (χ2n) is 5.64. The lowest BCUT2D eigenvalue weighted by Crippen LogP contribution is -2.43. The summed E-state index contributed by atoms with van der Waals surface area (Å²) >= 11 is 0. The minimum Gasteiger partial charge on any atom is -0.464 e. The van der Waals surface area contributed by atoms with Crippen LogP contribution in [0.5, 0.6) is 0 Å². The molecule has 0 saturated carbocycles. The lowest BCUT2D eigenvalue weighted by molar-refractivity contribution is 0.187. The molecule has 1 unspecified atom stereocenters. The van der Waals surface area contributed by atoms with Crippen molar-refractivity contribution in [2.75, 3.05) is 20.3 Å². The zero-order chi connectivity index (χ0) is 14.5. The highest BCUT2D eigenvalue weighted by Crippen LogP contribution is 2.33. The lowest BCUT2D eigenvalue weighted by atomic mass is 9.85. The van der Waals surface area contributed by atoms with Crippen molar-refractivity contribution in [1.82, 2.24) is 10.6 Å². The fraction of sp³-hybridized carbons (Fsp3) is 0.643. The molecule has 2 amide bonds. The van der Waals surface area contributed by atoms with Crippen molar-refractivity contribution in [3.8, 4) is 0 Å². The number of ether oxygens (including phenoxy) is 1. The Morgan fingerprint density at radius 3 is 2.58 bits per heavy atom. The van der Waals surface area contributed by atoms with Crippen LogP contribution < -0.4 is 10.6 Å². The zero-order valence-corrected chi connectivity index (χ0v) is 12.4. The number of carbonyl (C=O) groups is 1. The molecule has 0 saturated heterocycles. The predicted molar refractivity (Wildman–Crippen MR) is 74.1 cm³/mol. The Kier molecular flexibility index (Phi) is 5.42. The lowest BCUT2D eigenvalue weighted by Gasteiger charge is -2.29. The van der Waals surface area contributed by atoms with Gasteiger partial charge in [-0.25, -0.2) is 4.79 Å². The van der Waals surface area contributed by atoms with Crippen LogP contribution in [-0.2, 0) is 4.74 Å². The van der Waals surface area contributed by atoms with Gasteiger partial charge in [0.15, 0.2) is 0 Å². The molecular formula is C14H24N2O3. The van der Waals surface area contributed by atoms with Crippen LogP contribution in [0.3, 0.4) is 0 Å². The Bertz CT molecular complexity index is 407. The van der Waals surface area contributed by atoms with E-state index in [1.807, 2.05) is 19.1 Å². The molecule has 0 aliphatic carbocycles. The van der Waals surface area contributed by atoms with Crippen LogP contribution in [0.15, 0.2) is 16.5 Å². The molecule has 0 radical (unpaired) electrons. The van der Waals surface area contributed by atoms with E-state index in [1.54, 1.807) is 7.11 Å². The molecule has 1 aromatic rings. The number of hydrogen-bond donors (Lipinski definition) is 2. The van der Waals surface area contributed by atoms with E-state index in [1.165, 1.54) is 0 Å². The summed E-state index contributed by atoms with van der Waals surface area (Å²) in [6.07, 6.45) is 0. The van der Waals surface area contributed by atoms with E-state index >= 15 is 0 Å². The Morgan fingerprint density at radius 1 is 1.42 bits per heavy atom. The first-order valence-electron chi connectivity index (χ1n) is 6.44. The molecule has 5 nitrogen and oxygen atoms in total. The summed E-state index contributed by atoms with van der Waals surface area (Å²) in [5.74, 6) is 1.61. The minimum atomic E-state index is -0.217. The van der Waals surface area contributed by atoms with Crippen molar-refractivity contribution >= 4 is 6.03 Å². The number of urea groups is 1. The predicted octanol–water partition coefficient (Wildman–Crippen LogP) is 2.62. The van der Waals surface area contributed by atoms with Crippen molar-refractivity contribution in [3.05, 3.63) is 23.7 Å². The van der Waals surface area contributed by atoms with Gasteiger partial charge in [-0.2, -0.15) is 0 Å². The fourth-order valence-electron chi connectivity index (χ4n) is 1.77. The molecule has 0 fully saturated rings. The summed E-state index contributed by atoms with van der Waals surface area (Å²) < 4.78 is 10.5. The van der Waals surface area contributed by atoms with Gasteiger partial charge in [0, 0.05) is 13.7 Å². The number of nitrogens with one attached hydrogen (secondary N) is 2. The van der Waals surface area contributed by atoms with Crippen LogP contribution in [0.2, 0.25) is 0 Å². The Balaban J connectivity index is 2.69. The molecule has 5 heteroatoms. The van der Waals surface area contributed by atoms with Gasteiger partial charge in [0.1, 0.15) is 11.5 Å². The van der Waals surface area contributed by atoms with Gasteiger partial charge < -0.3 is 19.8 Å². The van der Waals surface area contributed by atoms with Gasteiger partial charge >= 0.3 is 6.03 Å². The number of aryl methyl sites for hydroxylation is 1. The molecule has 0 aliphatic rings. The third kappa shape index (κ3) is 4.95. The first-order chi connectivity index (χ1) is 8.84. The van der Waals surface area contributed by atoms with Gasteiger partial charge in [0.25, 0.3) is 0 Å². The van der Waals surface area contributed by atoms with Crippen LogP contribution in [0.25, 0.3) is 0 Å². The van der Waals surface area contributed by atoms with Crippen molar-refractivity contribution < 1.29 is 13.9 Å². The molecule has 0 bridgehead atoms. The maximum absolute atomic E-state index is 11.8. The van der Waals surface area contributed by atoms with Gasteiger partial charge in [-0.1, -0.05) is 20.8 Å². The molecule has 1 rings (SSSR count). The minimum absolute atomic E-state index is 0.136. The smallest absolute Gasteiger partial charge is 0.315 e. The van der Waals surface area contributed by atoms with Gasteiger partial charge in [0.2, 0.25) is 0 Å². The first kappa shape index (κ1) is 15.6. The second-order valence-corrected chi connectivity index (χ2v) is 5.64. The molecular weight excluding hydrogens is 244 g/mol. The number of amides is 2. The van der Waals surface area contributed by atoms with Crippen molar-refractivity contribution in [2.45, 2.75) is 33.7 Å². The largest absolute Gasteiger partial charge is 0.464 e. The molecule has 0 spiro atoms. The summed E-state index contributed by atoms with van der Waals surface area (Å²) in [6.45, 7) is 9.05. The maximum Gasteiger partial charge on any atom is 0.315 e. The van der Waals surface area contributed by atoms with Crippen LogP contribution in [0.1, 0.15) is 38.3 Å². The maximum atomic E-state index is 11.8. The molecule has 0 aromatic carbocycles. The molecule has 1 heterocycles. The Labute approximate surface area is 114 Å². The average molecular weight is 268 g/mol. The zero-order valence-electron chi connectivity index (χ0n) is 12.4. The summed E-state index contributed by atoms with van der Waals surface area (Å²) in [6, 6.07) is 3.41. The number of carbonyl (C=O) groups excluding carboxylic acids is 1. The van der Waals surface area contributed by atoms with E-state index < -0.39 is 0 Å². The van der Waals surface area contributed by atoms with Crippen LogP contribution in [0.4, 0.5) is 4.79 Å². The van der Waals surface area contributed by atoms with E-state index in [4.69, 9.17) is 9.15 Å². The quantitative estimate of drug-likeness (QED) is 0.807. The average Bonchev–Trinajstić information content (AvgIpc) is 2.71. The standard InChI is InChI=1S/C14H24N2O3/c1-10-6-7-11(19-10)12(14(2,3)4)16-13(17)15-8-9-18-5/h6-7,12H,8-9H2,1-5H3,(H2,15,16,17). The molecule has 108 valence electrons. The van der Waals surface area contributed by atoms with Crippen molar-refractivity contribution in [2.24, 2.45) is 5.41 Å². The van der Waals surface area contributed by atoms with Gasteiger partial charge in [-0.3, -0.25) is 0 Å². The van der Waals surface area contributed by atoms with Crippen LogP contribution in [-0.4, -0.2) is 26.3 Å². The number of furan rings is 1. The monoisotopic (exact) mass is 268 g/mol. The number of methoxy groups -OCH3 is 1. The fourth-order valence-corrected chi connectivity index (χ4v) is 1.77. The van der Waals surface area contributed by atoms with Crippen LogP contribution in [0, 0.1) is 12.3 Å². The number of rotatable bonds is 5. The number of hydrogen-bond acceptors (Lipinski definition) is 3. The SMILES string of the molecule is COCCNC(=O)NC(c1ccc(C)o1)C(C)(C)C. The third-order valence-electron chi connectivity index (χ3n) is 2.78. The second kappa shape index (κ2) is 6.61. The molecule has 19 heavy (non-hydrogen) atoms. The summed E-state index contributed by atoms with van der Waals surface area (Å²) in [5.41, 5.74) is -0.136. The van der Waals surface area contributed by atoms with Crippen molar-refractivity contribution in [3.63, 3.8) is 0 Å². The Morgan fingerprint density at radius 2 is 2.11 bits per heavy atom. The normalized spacial score (nSPS) is 13.1. The summed E-state index contributed by atoms with van der Waals surface area (Å²) in [7, 11) is 1.60. The topological polar surface area (TPSA) is 63.5 Å². The van der Waals surface area contributed by atoms with Crippen molar-refractivity contribution in [1.29, 1.82) is 0 Å². The summed E-state index contributed by atoms with van der Waals surface area (Å²) in [4.78, 5) is 11.8. The van der Waals surface area contributed by atoms with E-state index in [9.17, 15) is 4.79 Å². The van der Waals surface area contributed by atoms with Gasteiger partial charge in [0.05, 0.1) is 12.6 Å². The molecule has 1 aromatic heterocycles. The first-order valence-corrected chi connectivity index (χ1v) is 6.44. The Hall–Kier alpha value is -1.49. The highest BCUT2D eigenvalue weighted by Gasteiger charge is 2.30. The van der Waals surface area contributed by atoms with Gasteiger partial charge in [-0.05, 0) is 24.5 Å². The molecule has 2 N–H and O–H groups in total. The highest BCUT2D eigenvalue weighted by atomic mass is 16.5. The highest BCUT2D eigenvalue weighted by molar-refractivity contribution is 5.74. The van der Waals surface area contributed by atoms with E-state index in [0.717, 1.165) is 11.5 Å².